The van der Waals surface area contributed by atoms with Crippen molar-refractivity contribution in [3.63, 3.8) is 0 Å². The molecule has 186 valence electrons. The molecule has 1 aliphatic heterocycles. The van der Waals surface area contributed by atoms with Gasteiger partial charge in [-0.05, 0) is 31.0 Å². The summed E-state index contributed by atoms with van der Waals surface area (Å²) in [6.07, 6.45) is 2.42. The lowest BCUT2D eigenvalue weighted by Gasteiger charge is -2.29. The number of imidazole rings is 1. The fourth-order valence-electron chi connectivity index (χ4n) is 3.64. The Balaban J connectivity index is 1.49. The van der Waals surface area contributed by atoms with Crippen LogP contribution in [0.1, 0.15) is 35.6 Å². The van der Waals surface area contributed by atoms with Gasteiger partial charge in [0.05, 0.1) is 36.4 Å². The lowest BCUT2D eigenvalue weighted by Crippen LogP contribution is -2.42. The number of anilines is 1. The summed E-state index contributed by atoms with van der Waals surface area (Å²) in [4.78, 5) is 30.8. The number of nitrogens with zero attached hydrogens (tertiary/aromatic N) is 5. The number of hydrogen-bond donors (Lipinski definition) is 2. The first kappa shape index (κ1) is 24.3. The molecular weight excluding hydrogens is 484 g/mol. The quantitative estimate of drug-likeness (QED) is 0.494. The molecule has 35 heavy (non-hydrogen) atoms. The summed E-state index contributed by atoms with van der Waals surface area (Å²) in [6.45, 7) is 3.59. The second-order valence-electron chi connectivity index (χ2n) is 7.72. The fourth-order valence-corrected chi connectivity index (χ4v) is 4.51. The summed E-state index contributed by atoms with van der Waals surface area (Å²) in [5, 5.41) is 8.06. The number of hydrazone groups is 1. The Morgan fingerprint density at radius 1 is 1.20 bits per heavy atom. The van der Waals surface area contributed by atoms with Crippen molar-refractivity contribution < 1.29 is 22.0 Å². The zero-order valence-electron chi connectivity index (χ0n) is 19.0. The van der Waals surface area contributed by atoms with Crippen LogP contribution in [-0.4, -0.2) is 58.2 Å². The highest BCUT2D eigenvalue weighted by Crippen LogP contribution is 2.23. The number of nitrogens with one attached hydrogen (secondary N) is 2. The molecule has 1 amide bonds. The molecule has 0 atom stereocenters. The monoisotopic (exact) mass is 507 g/mol. The van der Waals surface area contributed by atoms with E-state index in [1.165, 1.54) is 28.5 Å². The third-order valence-corrected chi connectivity index (χ3v) is 7.26. The van der Waals surface area contributed by atoms with Crippen LogP contribution in [-0.2, 0) is 23.0 Å². The van der Waals surface area contributed by atoms with Crippen molar-refractivity contribution in [2.24, 2.45) is 5.10 Å². The van der Waals surface area contributed by atoms with Crippen molar-refractivity contribution in [3.8, 4) is 0 Å². The Morgan fingerprint density at radius 2 is 1.97 bits per heavy atom. The first-order valence-corrected chi connectivity index (χ1v) is 12.4. The van der Waals surface area contributed by atoms with Crippen molar-refractivity contribution in [1.82, 2.24) is 24.0 Å². The fraction of sp³-hybridized carbons (Fsp3) is 0.333. The van der Waals surface area contributed by atoms with Gasteiger partial charge in [0.25, 0.3) is 11.5 Å². The normalized spacial score (nSPS) is 14.1. The molecular formula is C21H23F2N7O4S. The minimum absolute atomic E-state index is 0.0238. The van der Waals surface area contributed by atoms with Gasteiger partial charge in [-0.15, -0.1) is 0 Å². The van der Waals surface area contributed by atoms with Crippen LogP contribution < -0.4 is 15.9 Å². The number of aromatic amines is 1. The maximum absolute atomic E-state index is 14.8. The lowest BCUT2D eigenvalue weighted by molar-refractivity contribution is 0.0944. The maximum atomic E-state index is 14.8. The van der Waals surface area contributed by atoms with Gasteiger partial charge in [-0.3, -0.25) is 28.3 Å². The highest BCUT2D eigenvalue weighted by Gasteiger charge is 2.24. The van der Waals surface area contributed by atoms with Crippen LogP contribution in [0, 0.1) is 11.6 Å². The zero-order chi connectivity index (χ0) is 25.3. The number of fused-ring (bicyclic) bond motifs is 1. The molecule has 0 radical (unpaired) electrons. The Hall–Kier alpha value is -3.81. The van der Waals surface area contributed by atoms with Crippen LogP contribution in [0.3, 0.4) is 0 Å². The molecule has 2 aromatic heterocycles. The van der Waals surface area contributed by atoms with Gasteiger partial charge < -0.3 is 5.32 Å². The molecule has 0 saturated carbocycles. The van der Waals surface area contributed by atoms with Crippen molar-refractivity contribution in [2.75, 3.05) is 23.9 Å². The maximum Gasteiger partial charge on any atom is 0.288 e. The van der Waals surface area contributed by atoms with Crippen molar-refractivity contribution in [2.45, 2.75) is 26.8 Å². The SMILES string of the molecule is CCc1nc2[nH]c(=O)c(F)cn2c1C(=O)NCc1ccc(N2CCN(S(=O)(=O)CC)C=N2)c(F)c1. The molecule has 0 spiro atoms. The van der Waals surface area contributed by atoms with Crippen LogP contribution >= 0.6 is 0 Å². The molecule has 0 unspecified atom stereocenters. The Bertz CT molecular complexity index is 1480. The second-order valence-corrected chi connectivity index (χ2v) is 9.93. The third-order valence-electron chi connectivity index (χ3n) is 5.54. The largest absolute Gasteiger partial charge is 0.347 e. The summed E-state index contributed by atoms with van der Waals surface area (Å²) < 4.78 is 54.7. The van der Waals surface area contributed by atoms with E-state index in [4.69, 9.17) is 0 Å². The van der Waals surface area contributed by atoms with Gasteiger partial charge in [-0.1, -0.05) is 13.0 Å². The number of carbonyl (C=O) groups is 1. The van der Waals surface area contributed by atoms with Gasteiger partial charge in [0.2, 0.25) is 21.6 Å². The van der Waals surface area contributed by atoms with E-state index in [0.717, 1.165) is 16.8 Å². The van der Waals surface area contributed by atoms with E-state index in [-0.39, 0.29) is 42.5 Å². The van der Waals surface area contributed by atoms with Crippen molar-refractivity contribution in [1.29, 1.82) is 0 Å². The summed E-state index contributed by atoms with van der Waals surface area (Å²) in [5.74, 6) is -2.23. The molecule has 3 aromatic rings. The van der Waals surface area contributed by atoms with Gasteiger partial charge in [0, 0.05) is 6.54 Å². The third kappa shape index (κ3) is 4.73. The number of sulfonamides is 1. The molecule has 1 aromatic carbocycles. The zero-order valence-corrected chi connectivity index (χ0v) is 19.8. The van der Waals surface area contributed by atoms with E-state index < -0.39 is 33.1 Å². The van der Waals surface area contributed by atoms with E-state index >= 15 is 0 Å². The molecule has 0 aliphatic carbocycles. The van der Waals surface area contributed by atoms with Gasteiger partial charge in [-0.25, -0.2) is 17.8 Å². The minimum atomic E-state index is -3.42. The molecule has 11 nitrogen and oxygen atoms in total. The number of rotatable bonds is 7. The van der Waals surface area contributed by atoms with E-state index in [1.54, 1.807) is 13.0 Å². The number of amides is 1. The summed E-state index contributed by atoms with van der Waals surface area (Å²) >= 11 is 0. The number of aromatic nitrogens is 3. The summed E-state index contributed by atoms with van der Waals surface area (Å²) in [6, 6.07) is 4.34. The highest BCUT2D eigenvalue weighted by atomic mass is 32.2. The standard InChI is InChI=1S/C21H23F2N7O4S/c1-3-16-18(29-11-15(23)19(31)27-21(29)26-16)20(32)24-10-13-5-6-17(14(22)9-13)30-8-7-28(12-25-30)35(33,34)4-2/h5-6,9,11-12H,3-4,7-8,10H2,1-2H3,(H,24,32)(H,26,27,31). The van der Waals surface area contributed by atoms with Crippen molar-refractivity contribution >= 4 is 33.7 Å². The topological polar surface area (TPSA) is 132 Å². The van der Waals surface area contributed by atoms with E-state index in [9.17, 15) is 26.8 Å². The van der Waals surface area contributed by atoms with Crippen molar-refractivity contribution in [3.05, 3.63) is 63.3 Å². The molecule has 0 fully saturated rings. The van der Waals surface area contributed by atoms with Crippen LogP contribution in [0.4, 0.5) is 14.5 Å². The van der Waals surface area contributed by atoms with Gasteiger partial charge >= 0.3 is 0 Å². The lowest BCUT2D eigenvalue weighted by atomic mass is 10.1. The number of carbonyl (C=O) groups excluding carboxylic acids is 1. The highest BCUT2D eigenvalue weighted by molar-refractivity contribution is 7.89. The predicted molar refractivity (Wildman–Crippen MR) is 125 cm³/mol. The Morgan fingerprint density at radius 3 is 2.60 bits per heavy atom. The average Bonchev–Trinajstić information content (AvgIpc) is 3.20. The molecule has 4 rings (SSSR count). The number of aryl methyl sites for hydroxylation is 1. The number of hydrogen-bond acceptors (Lipinski definition) is 7. The van der Waals surface area contributed by atoms with Gasteiger partial charge in [-0.2, -0.15) is 9.49 Å². The number of benzene rings is 1. The van der Waals surface area contributed by atoms with Crippen LogP contribution in [0.5, 0.6) is 0 Å². The minimum Gasteiger partial charge on any atom is -0.347 e. The predicted octanol–water partition coefficient (Wildman–Crippen LogP) is 1.21. The number of H-pyrrole nitrogens is 1. The first-order valence-electron chi connectivity index (χ1n) is 10.8. The Kier molecular flexibility index (Phi) is 6.56. The molecule has 0 saturated heterocycles. The van der Waals surface area contributed by atoms with E-state index in [2.05, 4.69) is 20.4 Å². The van der Waals surface area contributed by atoms with E-state index in [0.29, 0.717) is 17.7 Å². The molecule has 14 heteroatoms. The van der Waals surface area contributed by atoms with Gasteiger partial charge in [0.15, 0.2) is 0 Å². The Labute approximate surface area is 199 Å². The summed E-state index contributed by atoms with van der Waals surface area (Å²) in [7, 11) is -3.42. The smallest absolute Gasteiger partial charge is 0.288 e. The van der Waals surface area contributed by atoms with E-state index in [1.807, 2.05) is 0 Å². The van der Waals surface area contributed by atoms with Crippen LogP contribution in [0.15, 0.2) is 34.3 Å². The molecule has 1 aliphatic rings. The van der Waals surface area contributed by atoms with Gasteiger partial charge in [0.1, 0.15) is 17.8 Å². The molecule has 3 heterocycles. The van der Waals surface area contributed by atoms with Crippen LogP contribution in [0.25, 0.3) is 5.78 Å². The first-order chi connectivity index (χ1) is 16.6. The van der Waals surface area contributed by atoms with Crippen LogP contribution in [0.2, 0.25) is 0 Å². The average molecular weight is 508 g/mol. The summed E-state index contributed by atoms with van der Waals surface area (Å²) in [5.41, 5.74) is 0.128. The number of halogens is 2. The molecule has 0 bridgehead atoms. The second kappa shape index (κ2) is 9.44. The molecule has 2 N–H and O–H groups in total.